The van der Waals surface area contributed by atoms with Crippen LogP contribution in [0.1, 0.15) is 56.2 Å². The first-order chi connectivity index (χ1) is 19.7. The van der Waals surface area contributed by atoms with Gasteiger partial charge in [-0.15, -0.1) is 0 Å². The molecule has 43 heavy (non-hydrogen) atoms. The van der Waals surface area contributed by atoms with Gasteiger partial charge >= 0.3 is 0 Å². The van der Waals surface area contributed by atoms with E-state index in [0.29, 0.717) is 18.1 Å². The van der Waals surface area contributed by atoms with E-state index in [4.69, 9.17) is 4.42 Å². The number of carbonyl (C=O) groups is 1. The second kappa shape index (κ2) is 14.3. The van der Waals surface area contributed by atoms with Crippen LogP contribution in [0.3, 0.4) is 0 Å². The fourth-order valence-electron chi connectivity index (χ4n) is 4.95. The summed E-state index contributed by atoms with van der Waals surface area (Å²) in [6, 6.07) is 29.9. The third-order valence-corrected chi connectivity index (χ3v) is 7.33. The minimum Gasteiger partial charge on any atom is -0.451 e. The van der Waals surface area contributed by atoms with Crippen molar-refractivity contribution in [2.24, 2.45) is 0 Å². The van der Waals surface area contributed by atoms with Gasteiger partial charge in [0.25, 0.3) is 5.91 Å². The average molecular weight is 583 g/mol. The van der Waals surface area contributed by atoms with Crippen molar-refractivity contribution in [2.75, 3.05) is 33.2 Å². The maximum Gasteiger partial charge on any atom is 0.289 e. The second-order valence-electron chi connectivity index (χ2n) is 11.2. The summed E-state index contributed by atoms with van der Waals surface area (Å²) in [6.45, 7) is 9.70. The molecule has 228 valence electrons. The van der Waals surface area contributed by atoms with Gasteiger partial charge in [0, 0.05) is 38.3 Å². The Morgan fingerprint density at radius 2 is 1.49 bits per heavy atom. The Bertz CT molecular complexity index is 1590. The van der Waals surface area contributed by atoms with E-state index >= 15 is 0 Å². The molecule has 1 aliphatic rings. The number of fused-ring (bicyclic) bond motifs is 1. The van der Waals surface area contributed by atoms with Gasteiger partial charge in [-0.3, -0.25) is 4.79 Å². The SMILES string of the molecule is C.C.CN1CCN(C(=O)c2ccc(-c3ccccc3)o2)CC1.Cc1ccc(Cn2c(C(C)(C)O)nc3ccccc32)cc1. The Kier molecular flexibility index (Phi) is 11.1. The van der Waals surface area contributed by atoms with E-state index in [9.17, 15) is 9.90 Å². The highest BCUT2D eigenvalue weighted by Gasteiger charge is 2.25. The van der Waals surface area contributed by atoms with Gasteiger partial charge in [0.05, 0.1) is 11.0 Å². The van der Waals surface area contributed by atoms with E-state index in [-0.39, 0.29) is 20.8 Å². The fourth-order valence-corrected chi connectivity index (χ4v) is 4.95. The van der Waals surface area contributed by atoms with Gasteiger partial charge < -0.3 is 23.9 Å². The molecule has 1 saturated heterocycles. The Balaban J connectivity index is 0.000000225. The van der Waals surface area contributed by atoms with Gasteiger partial charge in [-0.05, 0) is 57.6 Å². The lowest BCUT2D eigenvalue weighted by atomic mass is 10.1. The number of rotatable bonds is 5. The number of likely N-dealkylation sites (N-methyl/N-ethyl adjacent to an activating group) is 1. The number of hydrogen-bond acceptors (Lipinski definition) is 5. The van der Waals surface area contributed by atoms with Gasteiger partial charge in [-0.25, -0.2) is 4.98 Å². The van der Waals surface area contributed by atoms with Crippen molar-refractivity contribution in [3.8, 4) is 11.3 Å². The highest BCUT2D eigenvalue weighted by atomic mass is 16.4. The Labute approximate surface area is 256 Å². The highest BCUT2D eigenvalue weighted by molar-refractivity contribution is 5.92. The van der Waals surface area contributed by atoms with Crippen molar-refractivity contribution in [3.63, 3.8) is 0 Å². The van der Waals surface area contributed by atoms with Crippen LogP contribution in [0.25, 0.3) is 22.4 Å². The predicted molar refractivity (Wildman–Crippen MR) is 176 cm³/mol. The number of nitrogens with zero attached hydrogens (tertiary/aromatic N) is 4. The van der Waals surface area contributed by atoms with Crippen LogP contribution in [-0.4, -0.2) is 63.6 Å². The van der Waals surface area contributed by atoms with Crippen molar-refractivity contribution in [3.05, 3.63) is 114 Å². The van der Waals surface area contributed by atoms with Crippen LogP contribution in [0.5, 0.6) is 0 Å². The topological polar surface area (TPSA) is 74.7 Å². The number of carbonyl (C=O) groups excluding carboxylic acids is 1. The summed E-state index contributed by atoms with van der Waals surface area (Å²) in [5.74, 6) is 1.85. The first-order valence-electron chi connectivity index (χ1n) is 14.1. The summed E-state index contributed by atoms with van der Waals surface area (Å²) in [7, 11) is 2.07. The third kappa shape index (κ3) is 8.00. The molecule has 7 nitrogen and oxygen atoms in total. The van der Waals surface area contributed by atoms with Crippen molar-refractivity contribution in [1.82, 2.24) is 19.4 Å². The van der Waals surface area contributed by atoms with E-state index in [2.05, 4.69) is 52.7 Å². The molecule has 3 aromatic carbocycles. The molecule has 1 aliphatic heterocycles. The molecule has 0 atom stereocenters. The average Bonchev–Trinajstić information content (AvgIpc) is 3.61. The van der Waals surface area contributed by atoms with Crippen LogP contribution in [0.15, 0.2) is 95.4 Å². The summed E-state index contributed by atoms with van der Waals surface area (Å²) in [5.41, 5.74) is 4.44. The number of piperazine rings is 1. The van der Waals surface area contributed by atoms with E-state index in [0.717, 1.165) is 48.5 Å². The Hall–Kier alpha value is -4.20. The van der Waals surface area contributed by atoms with Gasteiger partial charge in [0.15, 0.2) is 5.76 Å². The predicted octanol–water partition coefficient (Wildman–Crippen LogP) is 7.23. The summed E-state index contributed by atoms with van der Waals surface area (Å²) in [5, 5.41) is 10.4. The zero-order valence-corrected chi connectivity index (χ0v) is 24.2. The third-order valence-electron chi connectivity index (χ3n) is 7.33. The van der Waals surface area contributed by atoms with Gasteiger partial charge in [-0.2, -0.15) is 0 Å². The highest BCUT2D eigenvalue weighted by Crippen LogP contribution is 2.26. The molecule has 0 saturated carbocycles. The van der Waals surface area contributed by atoms with Gasteiger partial charge in [-0.1, -0.05) is 87.1 Å². The van der Waals surface area contributed by atoms with E-state index < -0.39 is 5.60 Å². The van der Waals surface area contributed by atoms with Gasteiger partial charge in [0.1, 0.15) is 17.2 Å². The van der Waals surface area contributed by atoms with Crippen LogP contribution in [-0.2, 0) is 12.1 Å². The lowest BCUT2D eigenvalue weighted by Gasteiger charge is -2.31. The molecule has 7 heteroatoms. The van der Waals surface area contributed by atoms with Crippen LogP contribution >= 0.6 is 0 Å². The van der Waals surface area contributed by atoms with Crippen LogP contribution in [0.4, 0.5) is 0 Å². The standard InChI is InChI=1S/C18H20N2O.C16H18N2O2.2CH4/c1-13-8-10-14(11-9-13)12-20-16-7-5-4-6-15(16)19-17(20)18(2,3)21;1-17-9-11-18(12-10-17)16(19)15-8-7-14(20-15)13-5-3-2-4-6-13;;/h4-11,21H,12H2,1-3H3;2-8H,9-12H2,1H3;2*1H4. The van der Waals surface area contributed by atoms with Crippen molar-refractivity contribution in [1.29, 1.82) is 0 Å². The monoisotopic (exact) mass is 582 g/mol. The molecule has 2 aromatic heterocycles. The summed E-state index contributed by atoms with van der Waals surface area (Å²) in [4.78, 5) is 21.1. The number of aromatic nitrogens is 2. The molecular formula is C36H46N4O3. The number of furan rings is 1. The maximum atomic E-state index is 12.4. The normalized spacial score (nSPS) is 13.5. The number of benzene rings is 3. The van der Waals surface area contributed by atoms with Crippen LogP contribution < -0.4 is 0 Å². The molecule has 5 aromatic rings. The minimum absolute atomic E-state index is 0. The molecule has 1 amide bonds. The number of aryl methyl sites for hydroxylation is 1. The van der Waals surface area contributed by atoms with Gasteiger partial charge in [0.2, 0.25) is 0 Å². The minimum atomic E-state index is -0.969. The van der Waals surface area contributed by atoms with Crippen molar-refractivity contribution < 1.29 is 14.3 Å². The zero-order valence-electron chi connectivity index (χ0n) is 24.2. The molecular weight excluding hydrogens is 536 g/mol. The van der Waals surface area contributed by atoms with E-state index in [1.807, 2.05) is 65.6 Å². The first-order valence-corrected chi connectivity index (χ1v) is 14.1. The zero-order chi connectivity index (χ0) is 29.0. The molecule has 0 unspecified atom stereocenters. The summed E-state index contributed by atoms with van der Waals surface area (Å²) >= 11 is 0. The fraction of sp³-hybridized carbons (Fsp3) is 0.333. The number of aliphatic hydroxyl groups is 1. The lowest BCUT2D eigenvalue weighted by Crippen LogP contribution is -2.47. The molecule has 6 rings (SSSR count). The van der Waals surface area contributed by atoms with Crippen LogP contribution in [0, 0.1) is 6.92 Å². The van der Waals surface area contributed by atoms with E-state index in [1.54, 1.807) is 19.9 Å². The molecule has 1 N–H and O–H groups in total. The number of para-hydroxylation sites is 2. The smallest absolute Gasteiger partial charge is 0.289 e. The molecule has 0 spiro atoms. The number of imidazole rings is 1. The Morgan fingerprint density at radius 3 is 2.14 bits per heavy atom. The molecule has 1 fully saturated rings. The van der Waals surface area contributed by atoms with Crippen molar-refractivity contribution >= 4 is 16.9 Å². The second-order valence-corrected chi connectivity index (χ2v) is 11.2. The quantitative estimate of drug-likeness (QED) is 0.237. The molecule has 0 bridgehead atoms. The Morgan fingerprint density at radius 1 is 0.860 bits per heavy atom. The lowest BCUT2D eigenvalue weighted by molar-refractivity contribution is 0.0632. The molecule has 0 radical (unpaired) electrons. The summed E-state index contributed by atoms with van der Waals surface area (Å²) < 4.78 is 7.80. The first kappa shape index (κ1) is 33.3. The number of hydrogen-bond donors (Lipinski definition) is 1. The maximum absolute atomic E-state index is 12.4. The van der Waals surface area contributed by atoms with Crippen LogP contribution in [0.2, 0.25) is 0 Å². The van der Waals surface area contributed by atoms with Crippen molar-refractivity contribution in [2.45, 2.75) is 47.8 Å². The van der Waals surface area contributed by atoms with E-state index in [1.165, 1.54) is 11.1 Å². The largest absolute Gasteiger partial charge is 0.451 e. The molecule has 3 heterocycles. The molecule has 0 aliphatic carbocycles. The number of amides is 1. The summed E-state index contributed by atoms with van der Waals surface area (Å²) in [6.07, 6.45) is 0.